The molecule has 2 aromatic rings. The highest BCUT2D eigenvalue weighted by Gasteiger charge is 2.36. The molecular weight excluding hydrogens is 316 g/mol. The second-order valence-corrected chi connectivity index (χ2v) is 5.32. The third-order valence-electron chi connectivity index (χ3n) is 3.44. The molecule has 1 N–H and O–H groups in total. The molecule has 23 heavy (non-hydrogen) atoms. The summed E-state index contributed by atoms with van der Waals surface area (Å²) in [7, 11) is 0. The molecule has 0 bridgehead atoms. The molecule has 5 nitrogen and oxygen atoms in total. The fourth-order valence-electron chi connectivity index (χ4n) is 2.45. The maximum atomic E-state index is 12.5. The summed E-state index contributed by atoms with van der Waals surface area (Å²) in [5.41, 5.74) is 1.87. The molecule has 1 aliphatic rings. The summed E-state index contributed by atoms with van der Waals surface area (Å²) in [5, 5.41) is 18.8. The Morgan fingerprint density at radius 2 is 2.04 bits per heavy atom. The smallest absolute Gasteiger partial charge is 0.419 e. The topological polar surface area (TPSA) is 81.4 Å². The van der Waals surface area contributed by atoms with E-state index in [1.165, 1.54) is 6.07 Å². The normalized spacial score (nSPS) is 14.7. The molecule has 0 unspecified atom stereocenters. The molecule has 2 aromatic carbocycles. The van der Waals surface area contributed by atoms with Gasteiger partial charge in [-0.15, -0.1) is 0 Å². The summed E-state index contributed by atoms with van der Waals surface area (Å²) in [5.74, 6) is -0.650. The van der Waals surface area contributed by atoms with Crippen molar-refractivity contribution < 1.29 is 14.7 Å². The van der Waals surface area contributed by atoms with Crippen molar-refractivity contribution in [2.24, 2.45) is 0 Å². The molecule has 0 aromatic heterocycles. The molecule has 112 valence electrons. The number of fused-ring (bicyclic) bond motifs is 1. The fraction of sp³-hybridized carbons (Fsp3) is 0. The maximum absolute atomic E-state index is 12.5. The van der Waals surface area contributed by atoms with E-state index in [1.807, 2.05) is 6.07 Å². The van der Waals surface area contributed by atoms with Crippen LogP contribution >= 0.6 is 11.6 Å². The number of hydrogen-bond donors (Lipinski definition) is 1. The first-order chi connectivity index (χ1) is 11.0. The quantitative estimate of drug-likeness (QED) is 0.809. The van der Waals surface area contributed by atoms with Crippen LogP contribution in [0.4, 0.5) is 10.5 Å². The van der Waals surface area contributed by atoms with E-state index in [9.17, 15) is 14.7 Å². The van der Waals surface area contributed by atoms with Gasteiger partial charge in [-0.25, -0.2) is 9.69 Å². The van der Waals surface area contributed by atoms with Crippen LogP contribution in [0, 0.1) is 11.3 Å². The maximum Gasteiger partial charge on any atom is 0.419 e. The van der Waals surface area contributed by atoms with Crippen molar-refractivity contribution in [1.29, 1.82) is 5.26 Å². The lowest BCUT2D eigenvalue weighted by molar-refractivity contribution is -0.112. The van der Waals surface area contributed by atoms with Crippen LogP contribution in [-0.2, 0) is 4.79 Å². The molecule has 1 heterocycles. The van der Waals surface area contributed by atoms with E-state index in [0.29, 0.717) is 21.0 Å². The summed E-state index contributed by atoms with van der Waals surface area (Å²) in [6, 6.07) is 13.3. The largest absolute Gasteiger partial charge is 0.464 e. The summed E-state index contributed by atoms with van der Waals surface area (Å²) in [4.78, 5) is 24.5. The lowest BCUT2D eigenvalue weighted by atomic mass is 10.0. The van der Waals surface area contributed by atoms with Gasteiger partial charge in [0, 0.05) is 10.6 Å². The highest BCUT2D eigenvalue weighted by Crippen LogP contribution is 2.38. The van der Waals surface area contributed by atoms with Crippen LogP contribution in [0.5, 0.6) is 0 Å². The zero-order valence-corrected chi connectivity index (χ0v) is 12.4. The average Bonchev–Trinajstić information content (AvgIpc) is 2.79. The molecule has 0 spiro atoms. The second-order valence-electron chi connectivity index (χ2n) is 4.88. The van der Waals surface area contributed by atoms with Crippen LogP contribution in [-0.4, -0.2) is 17.1 Å². The number of carbonyl (C=O) groups is 2. The van der Waals surface area contributed by atoms with Crippen molar-refractivity contribution in [3.05, 3.63) is 64.2 Å². The van der Waals surface area contributed by atoms with Gasteiger partial charge in [0.2, 0.25) is 0 Å². The van der Waals surface area contributed by atoms with Crippen molar-refractivity contribution in [2.45, 2.75) is 0 Å². The Hall–Kier alpha value is -3.10. The standard InChI is InChI=1S/C17H9ClN2O3/c18-12-3-1-2-10(6-12)7-14-13-5-4-11(9-19)8-15(13)20(16(14)21)17(22)23/h1-8H,(H,22,23)/b14-7+. The van der Waals surface area contributed by atoms with Gasteiger partial charge in [-0.05, 0) is 35.9 Å². The number of anilines is 1. The Morgan fingerprint density at radius 3 is 2.70 bits per heavy atom. The van der Waals surface area contributed by atoms with Crippen molar-refractivity contribution in [3.63, 3.8) is 0 Å². The van der Waals surface area contributed by atoms with Gasteiger partial charge in [0.25, 0.3) is 5.91 Å². The number of hydrogen-bond acceptors (Lipinski definition) is 3. The Bertz CT molecular complexity index is 912. The van der Waals surface area contributed by atoms with E-state index >= 15 is 0 Å². The number of nitriles is 1. The summed E-state index contributed by atoms with van der Waals surface area (Å²) >= 11 is 5.93. The Morgan fingerprint density at radius 1 is 1.26 bits per heavy atom. The molecule has 3 rings (SSSR count). The number of imide groups is 1. The van der Waals surface area contributed by atoms with Crippen LogP contribution in [0.25, 0.3) is 11.6 Å². The van der Waals surface area contributed by atoms with Gasteiger partial charge in [-0.3, -0.25) is 4.79 Å². The number of nitrogens with zero attached hydrogens (tertiary/aromatic N) is 2. The minimum absolute atomic E-state index is 0.190. The minimum atomic E-state index is -1.39. The van der Waals surface area contributed by atoms with E-state index in [1.54, 1.807) is 42.5 Å². The van der Waals surface area contributed by atoms with Gasteiger partial charge in [-0.1, -0.05) is 29.8 Å². The Balaban J connectivity index is 2.19. The first-order valence-corrected chi connectivity index (χ1v) is 6.98. The molecule has 1 aliphatic heterocycles. The molecule has 0 fully saturated rings. The van der Waals surface area contributed by atoms with Gasteiger partial charge in [-0.2, -0.15) is 5.26 Å². The summed E-state index contributed by atoms with van der Waals surface area (Å²) in [6.45, 7) is 0. The highest BCUT2D eigenvalue weighted by molar-refractivity contribution is 6.41. The van der Waals surface area contributed by atoms with Gasteiger partial charge in [0.15, 0.2) is 0 Å². The zero-order chi connectivity index (χ0) is 16.6. The van der Waals surface area contributed by atoms with Crippen molar-refractivity contribution >= 4 is 40.9 Å². The predicted molar refractivity (Wildman–Crippen MR) is 86.0 cm³/mol. The molecule has 0 saturated carbocycles. The van der Waals surface area contributed by atoms with E-state index in [-0.39, 0.29) is 16.8 Å². The third kappa shape index (κ3) is 2.56. The first-order valence-electron chi connectivity index (χ1n) is 6.60. The Kier molecular flexibility index (Phi) is 3.61. The SMILES string of the molecule is N#Cc1ccc2c(c1)N(C(=O)O)C(=O)/C2=C/c1cccc(Cl)c1. The summed E-state index contributed by atoms with van der Waals surface area (Å²) in [6.07, 6.45) is 0.197. The van der Waals surface area contributed by atoms with Crippen molar-refractivity contribution in [2.75, 3.05) is 4.90 Å². The average molecular weight is 325 g/mol. The molecular formula is C17H9ClN2O3. The van der Waals surface area contributed by atoms with Crippen LogP contribution in [0.1, 0.15) is 16.7 Å². The van der Waals surface area contributed by atoms with Crippen LogP contribution in [0.2, 0.25) is 5.02 Å². The number of carboxylic acid groups (broad SMARTS) is 1. The van der Waals surface area contributed by atoms with Crippen molar-refractivity contribution in [1.82, 2.24) is 0 Å². The van der Waals surface area contributed by atoms with Crippen LogP contribution in [0.15, 0.2) is 42.5 Å². The highest BCUT2D eigenvalue weighted by atomic mass is 35.5. The van der Waals surface area contributed by atoms with E-state index in [0.717, 1.165) is 0 Å². The lowest BCUT2D eigenvalue weighted by Crippen LogP contribution is -2.31. The minimum Gasteiger partial charge on any atom is -0.464 e. The lowest BCUT2D eigenvalue weighted by Gasteiger charge is -2.09. The van der Waals surface area contributed by atoms with Gasteiger partial charge < -0.3 is 5.11 Å². The van der Waals surface area contributed by atoms with Crippen molar-refractivity contribution in [3.8, 4) is 6.07 Å². The molecule has 0 atom stereocenters. The van der Waals surface area contributed by atoms with E-state index in [2.05, 4.69) is 0 Å². The number of halogens is 1. The zero-order valence-electron chi connectivity index (χ0n) is 11.7. The number of benzene rings is 2. The summed E-state index contributed by atoms with van der Waals surface area (Å²) < 4.78 is 0. The number of carbonyl (C=O) groups excluding carboxylic acids is 1. The monoisotopic (exact) mass is 324 g/mol. The molecule has 0 saturated heterocycles. The van der Waals surface area contributed by atoms with Crippen LogP contribution < -0.4 is 4.90 Å². The predicted octanol–water partition coefficient (Wildman–Crippen LogP) is 3.78. The Labute approximate surface area is 136 Å². The van der Waals surface area contributed by atoms with E-state index < -0.39 is 12.0 Å². The van der Waals surface area contributed by atoms with E-state index in [4.69, 9.17) is 16.9 Å². The van der Waals surface area contributed by atoms with Gasteiger partial charge in [0.05, 0.1) is 22.9 Å². The first kappa shape index (κ1) is 14.8. The molecule has 0 radical (unpaired) electrons. The molecule has 0 aliphatic carbocycles. The van der Waals surface area contributed by atoms with Gasteiger partial charge >= 0.3 is 6.09 Å². The fourth-order valence-corrected chi connectivity index (χ4v) is 2.65. The second kappa shape index (κ2) is 5.59. The van der Waals surface area contributed by atoms with Gasteiger partial charge in [0.1, 0.15) is 0 Å². The third-order valence-corrected chi connectivity index (χ3v) is 3.68. The number of rotatable bonds is 1. The number of amides is 2. The molecule has 6 heteroatoms. The molecule has 2 amide bonds. The van der Waals surface area contributed by atoms with Crippen LogP contribution in [0.3, 0.4) is 0 Å².